The van der Waals surface area contributed by atoms with E-state index < -0.39 is 10.1 Å². The molecule has 0 aliphatic heterocycles. The van der Waals surface area contributed by atoms with E-state index in [9.17, 15) is 8.42 Å². The quantitative estimate of drug-likeness (QED) is 0.782. The Hall–Kier alpha value is -1.11. The van der Waals surface area contributed by atoms with E-state index in [1.54, 1.807) is 24.3 Å². The molecular weight excluding hydrogens is 354 g/mol. The third-order valence-corrected chi connectivity index (χ3v) is 3.97. The van der Waals surface area contributed by atoms with E-state index in [2.05, 4.69) is 20.9 Å². The lowest BCUT2D eigenvalue weighted by Crippen LogP contribution is -2.13. The zero-order chi connectivity index (χ0) is 13.9. The largest absolute Gasteiger partial charge is 0.360 e. The summed E-state index contributed by atoms with van der Waals surface area (Å²) in [7, 11) is -3.79. The lowest BCUT2D eigenvalue weighted by Gasteiger charge is -2.07. The molecule has 2 aromatic rings. The van der Waals surface area contributed by atoms with E-state index in [-0.39, 0.29) is 16.7 Å². The maximum Gasteiger partial charge on any atom is 0.314 e. The van der Waals surface area contributed by atoms with Gasteiger partial charge in [0.05, 0.1) is 0 Å². The van der Waals surface area contributed by atoms with Crippen molar-refractivity contribution in [3.05, 3.63) is 57.7 Å². The smallest absolute Gasteiger partial charge is 0.314 e. The van der Waals surface area contributed by atoms with Crippen molar-refractivity contribution in [2.24, 2.45) is 0 Å². The van der Waals surface area contributed by atoms with Gasteiger partial charge in [-0.15, -0.1) is 0 Å². The minimum atomic E-state index is -3.79. The topological polar surface area (TPSA) is 56.3 Å². The molecule has 0 aliphatic carbocycles. The Balaban J connectivity index is 2.17. The summed E-state index contributed by atoms with van der Waals surface area (Å²) in [5, 5.41) is 0.131. The van der Waals surface area contributed by atoms with Crippen molar-refractivity contribution in [2.75, 3.05) is 0 Å². The van der Waals surface area contributed by atoms with Crippen LogP contribution in [0.1, 0.15) is 5.56 Å². The SMILES string of the molecule is O=S(=O)(Cc1ccccc1)Oc1ncc(Br)cc1Cl. The molecule has 100 valence electrons. The van der Waals surface area contributed by atoms with Crippen LogP contribution < -0.4 is 4.18 Å². The molecule has 0 unspecified atom stereocenters. The molecule has 2 rings (SSSR count). The molecular formula is C12H9BrClNO3S. The van der Waals surface area contributed by atoms with E-state index in [1.807, 2.05) is 6.07 Å². The number of hydrogen-bond donors (Lipinski definition) is 0. The van der Waals surface area contributed by atoms with Crippen molar-refractivity contribution in [1.82, 2.24) is 4.98 Å². The third kappa shape index (κ3) is 4.19. The Morgan fingerprint density at radius 1 is 1.26 bits per heavy atom. The molecule has 0 radical (unpaired) electrons. The molecule has 7 heteroatoms. The maximum atomic E-state index is 11.9. The summed E-state index contributed by atoms with van der Waals surface area (Å²) in [6.45, 7) is 0. The Kier molecular flexibility index (Phi) is 4.44. The molecule has 1 aromatic heterocycles. The molecule has 0 fully saturated rings. The number of rotatable bonds is 4. The standard InChI is InChI=1S/C12H9BrClNO3S/c13-10-6-11(14)12(15-7-10)18-19(16,17)8-9-4-2-1-3-5-9/h1-7H,8H2. The molecule has 1 heterocycles. The zero-order valence-electron chi connectivity index (χ0n) is 9.58. The van der Waals surface area contributed by atoms with Crippen LogP contribution in [0.2, 0.25) is 5.02 Å². The highest BCUT2D eigenvalue weighted by atomic mass is 79.9. The molecule has 0 amide bonds. The van der Waals surface area contributed by atoms with Crippen molar-refractivity contribution in [3.8, 4) is 5.88 Å². The summed E-state index contributed by atoms with van der Waals surface area (Å²) in [6.07, 6.45) is 1.42. The van der Waals surface area contributed by atoms with Crippen LogP contribution in [0.25, 0.3) is 0 Å². The van der Waals surface area contributed by atoms with E-state index in [4.69, 9.17) is 15.8 Å². The van der Waals surface area contributed by atoms with Crippen LogP contribution in [-0.4, -0.2) is 13.4 Å². The highest BCUT2D eigenvalue weighted by Gasteiger charge is 2.17. The predicted octanol–water partition coefficient (Wildman–Crippen LogP) is 3.41. The zero-order valence-corrected chi connectivity index (χ0v) is 12.7. The highest BCUT2D eigenvalue weighted by molar-refractivity contribution is 9.10. The van der Waals surface area contributed by atoms with Crippen molar-refractivity contribution < 1.29 is 12.6 Å². The van der Waals surface area contributed by atoms with Crippen LogP contribution in [0.4, 0.5) is 0 Å². The second kappa shape index (κ2) is 5.90. The second-order valence-electron chi connectivity index (χ2n) is 3.71. The van der Waals surface area contributed by atoms with Gasteiger partial charge in [-0.1, -0.05) is 41.9 Å². The Morgan fingerprint density at radius 3 is 2.58 bits per heavy atom. The highest BCUT2D eigenvalue weighted by Crippen LogP contribution is 2.26. The summed E-state index contributed by atoms with van der Waals surface area (Å²) in [4.78, 5) is 3.82. The van der Waals surface area contributed by atoms with Gasteiger partial charge in [-0.05, 0) is 27.6 Å². The fourth-order valence-electron chi connectivity index (χ4n) is 1.39. The lowest BCUT2D eigenvalue weighted by molar-refractivity contribution is 0.475. The van der Waals surface area contributed by atoms with Gasteiger partial charge >= 0.3 is 10.1 Å². The van der Waals surface area contributed by atoms with Gasteiger partial charge in [0, 0.05) is 10.7 Å². The van der Waals surface area contributed by atoms with Crippen molar-refractivity contribution in [2.45, 2.75) is 5.75 Å². The van der Waals surface area contributed by atoms with Gasteiger partial charge in [0.25, 0.3) is 5.88 Å². The van der Waals surface area contributed by atoms with Gasteiger partial charge in [0.2, 0.25) is 0 Å². The molecule has 0 bridgehead atoms. The fourth-order valence-corrected chi connectivity index (χ4v) is 3.14. The molecule has 1 aromatic carbocycles. The summed E-state index contributed by atoms with van der Waals surface area (Å²) >= 11 is 9.03. The second-order valence-corrected chi connectivity index (χ2v) is 6.61. The molecule has 0 spiro atoms. The average molecular weight is 363 g/mol. The Morgan fingerprint density at radius 2 is 1.95 bits per heavy atom. The lowest BCUT2D eigenvalue weighted by atomic mass is 10.2. The number of benzene rings is 1. The van der Waals surface area contributed by atoms with Gasteiger partial charge < -0.3 is 4.18 Å². The first-order valence-corrected chi connectivity index (χ1v) is 7.98. The minimum Gasteiger partial charge on any atom is -0.360 e. The molecule has 19 heavy (non-hydrogen) atoms. The molecule has 4 nitrogen and oxygen atoms in total. The van der Waals surface area contributed by atoms with Crippen LogP contribution in [0, 0.1) is 0 Å². The van der Waals surface area contributed by atoms with Crippen molar-refractivity contribution in [3.63, 3.8) is 0 Å². The average Bonchev–Trinajstić information content (AvgIpc) is 2.33. The minimum absolute atomic E-state index is 0.124. The van der Waals surface area contributed by atoms with Gasteiger partial charge in [0.15, 0.2) is 0 Å². The number of aromatic nitrogens is 1. The van der Waals surface area contributed by atoms with Crippen LogP contribution >= 0.6 is 27.5 Å². The monoisotopic (exact) mass is 361 g/mol. The van der Waals surface area contributed by atoms with Gasteiger partial charge in [-0.25, -0.2) is 4.98 Å². The van der Waals surface area contributed by atoms with Gasteiger partial charge in [0.1, 0.15) is 10.8 Å². The van der Waals surface area contributed by atoms with Gasteiger partial charge in [-0.3, -0.25) is 0 Å². The first-order chi connectivity index (χ1) is 8.96. The summed E-state index contributed by atoms with van der Waals surface area (Å²) in [5.74, 6) is -0.358. The van der Waals surface area contributed by atoms with Crippen LogP contribution in [-0.2, 0) is 15.9 Å². The third-order valence-electron chi connectivity index (χ3n) is 2.17. The summed E-state index contributed by atoms with van der Waals surface area (Å²) in [5.41, 5.74) is 0.635. The molecule has 0 saturated carbocycles. The number of halogens is 2. The first kappa shape index (κ1) is 14.3. The first-order valence-electron chi connectivity index (χ1n) is 5.23. The van der Waals surface area contributed by atoms with E-state index in [1.165, 1.54) is 12.3 Å². The van der Waals surface area contributed by atoms with Crippen molar-refractivity contribution >= 4 is 37.6 Å². The molecule has 0 atom stereocenters. The molecule has 0 saturated heterocycles. The Bertz CT molecular complexity index is 677. The summed E-state index contributed by atoms with van der Waals surface area (Å²) in [6, 6.07) is 10.3. The number of hydrogen-bond acceptors (Lipinski definition) is 4. The van der Waals surface area contributed by atoms with E-state index in [0.717, 1.165) is 0 Å². The number of pyridine rings is 1. The maximum absolute atomic E-state index is 11.9. The summed E-state index contributed by atoms with van der Waals surface area (Å²) < 4.78 is 29.3. The van der Waals surface area contributed by atoms with E-state index >= 15 is 0 Å². The van der Waals surface area contributed by atoms with Crippen LogP contribution in [0.15, 0.2) is 47.1 Å². The predicted molar refractivity (Wildman–Crippen MR) is 76.6 cm³/mol. The molecule has 0 aliphatic rings. The Labute approximate surface area is 124 Å². The van der Waals surface area contributed by atoms with E-state index in [0.29, 0.717) is 10.0 Å². The fraction of sp³-hybridized carbons (Fsp3) is 0.0833. The molecule has 0 N–H and O–H groups in total. The van der Waals surface area contributed by atoms with Crippen LogP contribution in [0.3, 0.4) is 0 Å². The van der Waals surface area contributed by atoms with Gasteiger partial charge in [-0.2, -0.15) is 8.42 Å². The number of nitrogens with zero attached hydrogens (tertiary/aromatic N) is 1. The normalized spacial score (nSPS) is 11.3. The van der Waals surface area contributed by atoms with Crippen LogP contribution in [0.5, 0.6) is 5.88 Å². The van der Waals surface area contributed by atoms with Crippen molar-refractivity contribution in [1.29, 1.82) is 0 Å².